The Morgan fingerprint density at radius 2 is 1.83 bits per heavy atom. The summed E-state index contributed by atoms with van der Waals surface area (Å²) in [6, 6.07) is 0.242. The molecule has 1 aliphatic rings. The Morgan fingerprint density at radius 3 is 2.33 bits per heavy atom. The minimum atomic E-state index is -0.409. The van der Waals surface area contributed by atoms with Crippen molar-refractivity contribution < 1.29 is 9.53 Å². The highest BCUT2D eigenvalue weighted by Gasteiger charge is 2.23. The third-order valence-corrected chi connectivity index (χ3v) is 3.24. The van der Waals surface area contributed by atoms with E-state index < -0.39 is 5.60 Å². The average molecular weight is 256 g/mol. The molecule has 1 saturated heterocycles. The van der Waals surface area contributed by atoms with Crippen LogP contribution in [0.1, 0.15) is 47.5 Å². The summed E-state index contributed by atoms with van der Waals surface area (Å²) in [5.41, 5.74) is -0.409. The zero-order chi connectivity index (χ0) is 13.8. The maximum atomic E-state index is 11.8. The first kappa shape index (κ1) is 15.4. The highest BCUT2D eigenvalue weighted by molar-refractivity contribution is 5.75. The van der Waals surface area contributed by atoms with Crippen molar-refractivity contribution in [2.75, 3.05) is 19.6 Å². The third kappa shape index (κ3) is 5.36. The Morgan fingerprint density at radius 1 is 1.28 bits per heavy atom. The van der Waals surface area contributed by atoms with E-state index >= 15 is 0 Å². The molecule has 0 bridgehead atoms. The van der Waals surface area contributed by atoms with Gasteiger partial charge in [0, 0.05) is 12.6 Å². The molecule has 0 aliphatic carbocycles. The maximum Gasteiger partial charge on any atom is 0.323 e. The van der Waals surface area contributed by atoms with Crippen LogP contribution in [0.4, 0.5) is 0 Å². The molecule has 0 saturated carbocycles. The van der Waals surface area contributed by atoms with Crippen molar-refractivity contribution >= 4 is 5.97 Å². The number of nitrogens with zero attached hydrogens (tertiary/aromatic N) is 1. The number of nitrogens with one attached hydrogen (secondary N) is 1. The van der Waals surface area contributed by atoms with Gasteiger partial charge in [-0.2, -0.15) is 0 Å². The van der Waals surface area contributed by atoms with Gasteiger partial charge in [0.1, 0.15) is 11.6 Å². The second-order valence-electron chi connectivity index (χ2n) is 6.26. The minimum Gasteiger partial charge on any atom is -0.459 e. The second-order valence-corrected chi connectivity index (χ2v) is 6.26. The van der Waals surface area contributed by atoms with Gasteiger partial charge in [0.2, 0.25) is 0 Å². The van der Waals surface area contributed by atoms with E-state index in [0.29, 0.717) is 6.04 Å². The fraction of sp³-hybridized carbons (Fsp3) is 0.929. The zero-order valence-electron chi connectivity index (χ0n) is 12.5. The number of esters is 1. The lowest BCUT2D eigenvalue weighted by molar-refractivity contribution is -0.157. The summed E-state index contributed by atoms with van der Waals surface area (Å²) < 4.78 is 5.34. The van der Waals surface area contributed by atoms with Crippen molar-refractivity contribution in [3.8, 4) is 0 Å². The van der Waals surface area contributed by atoms with Gasteiger partial charge in [-0.15, -0.1) is 0 Å². The molecule has 0 amide bonds. The van der Waals surface area contributed by atoms with Crippen molar-refractivity contribution in [3.05, 3.63) is 0 Å². The van der Waals surface area contributed by atoms with Crippen LogP contribution in [-0.4, -0.2) is 48.2 Å². The van der Waals surface area contributed by atoms with Crippen LogP contribution in [0.3, 0.4) is 0 Å². The maximum absolute atomic E-state index is 11.8. The molecule has 1 fully saturated rings. The number of hydrogen-bond donors (Lipinski definition) is 1. The highest BCUT2D eigenvalue weighted by atomic mass is 16.6. The summed E-state index contributed by atoms with van der Waals surface area (Å²) in [5.74, 6) is -0.170. The Bertz CT molecular complexity index is 267. The van der Waals surface area contributed by atoms with Crippen LogP contribution >= 0.6 is 0 Å². The number of carbonyl (C=O) groups excluding carboxylic acids is 1. The van der Waals surface area contributed by atoms with Crippen LogP contribution < -0.4 is 5.32 Å². The van der Waals surface area contributed by atoms with Gasteiger partial charge >= 0.3 is 5.97 Å². The van der Waals surface area contributed by atoms with Crippen LogP contribution in [0.5, 0.6) is 0 Å². The van der Waals surface area contributed by atoms with Crippen molar-refractivity contribution in [2.45, 2.75) is 65.1 Å². The topological polar surface area (TPSA) is 41.6 Å². The average Bonchev–Trinajstić information content (AvgIpc) is 2.76. The molecule has 0 aromatic heterocycles. The van der Waals surface area contributed by atoms with E-state index in [-0.39, 0.29) is 12.0 Å². The fourth-order valence-corrected chi connectivity index (χ4v) is 2.13. The molecule has 0 aromatic carbocycles. The number of hydrogen-bond acceptors (Lipinski definition) is 4. The Balaban J connectivity index is 2.27. The summed E-state index contributed by atoms with van der Waals surface area (Å²) in [6.45, 7) is 13.0. The summed E-state index contributed by atoms with van der Waals surface area (Å²) in [7, 11) is 0. The number of rotatable bonds is 5. The molecular formula is C14H28N2O2. The molecular weight excluding hydrogens is 228 g/mol. The molecule has 0 radical (unpaired) electrons. The molecule has 0 aromatic rings. The lowest BCUT2D eigenvalue weighted by atomic mass is 10.2. The quantitative estimate of drug-likeness (QED) is 0.762. The van der Waals surface area contributed by atoms with E-state index in [9.17, 15) is 4.79 Å². The van der Waals surface area contributed by atoms with Gasteiger partial charge in [-0.25, -0.2) is 0 Å². The first-order chi connectivity index (χ1) is 8.29. The number of carbonyl (C=O) groups is 1. The SMILES string of the molecule is CC(NCC(C)N1CCCC1)C(=O)OC(C)(C)C. The van der Waals surface area contributed by atoms with Crippen molar-refractivity contribution in [1.82, 2.24) is 10.2 Å². The highest BCUT2D eigenvalue weighted by Crippen LogP contribution is 2.11. The molecule has 4 nitrogen and oxygen atoms in total. The summed E-state index contributed by atoms with van der Waals surface area (Å²) in [6.07, 6.45) is 2.60. The molecule has 2 unspecified atom stereocenters. The van der Waals surface area contributed by atoms with E-state index in [1.54, 1.807) is 0 Å². The lowest BCUT2D eigenvalue weighted by Gasteiger charge is -2.27. The Hall–Kier alpha value is -0.610. The number of ether oxygens (including phenoxy) is 1. The van der Waals surface area contributed by atoms with Gasteiger partial charge in [0.05, 0.1) is 0 Å². The molecule has 2 atom stereocenters. The second kappa shape index (κ2) is 6.53. The lowest BCUT2D eigenvalue weighted by Crippen LogP contribution is -2.45. The summed E-state index contributed by atoms with van der Waals surface area (Å²) in [5, 5.41) is 3.27. The van der Waals surface area contributed by atoms with E-state index in [1.807, 2.05) is 27.7 Å². The van der Waals surface area contributed by atoms with Crippen molar-refractivity contribution in [3.63, 3.8) is 0 Å². The van der Waals surface area contributed by atoms with Crippen LogP contribution in [0.25, 0.3) is 0 Å². The fourth-order valence-electron chi connectivity index (χ4n) is 2.13. The molecule has 0 spiro atoms. The van der Waals surface area contributed by atoms with Crippen molar-refractivity contribution in [2.24, 2.45) is 0 Å². The minimum absolute atomic E-state index is 0.170. The van der Waals surface area contributed by atoms with Gasteiger partial charge in [-0.1, -0.05) is 0 Å². The normalized spacial score (nSPS) is 20.7. The molecule has 18 heavy (non-hydrogen) atoms. The predicted molar refractivity (Wildman–Crippen MR) is 73.6 cm³/mol. The van der Waals surface area contributed by atoms with Crippen LogP contribution in [-0.2, 0) is 9.53 Å². The van der Waals surface area contributed by atoms with Crippen LogP contribution in [0.15, 0.2) is 0 Å². The van der Waals surface area contributed by atoms with Gasteiger partial charge in [0.15, 0.2) is 0 Å². The molecule has 106 valence electrons. The Labute approximate surface area is 111 Å². The Kier molecular flexibility index (Phi) is 5.60. The summed E-state index contributed by atoms with van der Waals surface area (Å²) in [4.78, 5) is 14.3. The standard InChI is InChI=1S/C14H28N2O2/c1-11(16-8-6-7-9-16)10-15-12(2)13(17)18-14(3,4)5/h11-12,15H,6-10H2,1-5H3. The van der Waals surface area contributed by atoms with Crippen molar-refractivity contribution in [1.29, 1.82) is 0 Å². The first-order valence-electron chi connectivity index (χ1n) is 7.00. The van der Waals surface area contributed by atoms with Gasteiger partial charge in [0.25, 0.3) is 0 Å². The van der Waals surface area contributed by atoms with E-state index in [2.05, 4.69) is 17.1 Å². The van der Waals surface area contributed by atoms with Crippen LogP contribution in [0.2, 0.25) is 0 Å². The molecule has 1 aliphatic heterocycles. The predicted octanol–water partition coefficient (Wildman–Crippen LogP) is 1.79. The largest absolute Gasteiger partial charge is 0.459 e. The van der Waals surface area contributed by atoms with Gasteiger partial charge < -0.3 is 10.1 Å². The van der Waals surface area contributed by atoms with Gasteiger partial charge in [-0.3, -0.25) is 9.69 Å². The smallest absolute Gasteiger partial charge is 0.323 e. The molecule has 4 heteroatoms. The molecule has 1 N–H and O–H groups in total. The zero-order valence-corrected chi connectivity index (χ0v) is 12.5. The van der Waals surface area contributed by atoms with E-state index in [4.69, 9.17) is 4.74 Å². The third-order valence-electron chi connectivity index (χ3n) is 3.24. The number of likely N-dealkylation sites (tertiary alicyclic amines) is 1. The van der Waals surface area contributed by atoms with Gasteiger partial charge in [-0.05, 0) is 60.5 Å². The molecule has 1 rings (SSSR count). The van der Waals surface area contributed by atoms with E-state index in [0.717, 1.165) is 6.54 Å². The summed E-state index contributed by atoms with van der Waals surface area (Å²) >= 11 is 0. The first-order valence-corrected chi connectivity index (χ1v) is 7.00. The monoisotopic (exact) mass is 256 g/mol. The van der Waals surface area contributed by atoms with E-state index in [1.165, 1.54) is 25.9 Å². The van der Waals surface area contributed by atoms with Crippen LogP contribution in [0, 0.1) is 0 Å². The molecule has 1 heterocycles.